The molecule has 0 aliphatic carbocycles. The van der Waals surface area contributed by atoms with Gasteiger partial charge in [0.2, 0.25) is 0 Å². The van der Waals surface area contributed by atoms with Gasteiger partial charge in [0, 0.05) is 12.8 Å². The molecule has 0 atom stereocenters. The summed E-state index contributed by atoms with van der Waals surface area (Å²) in [5.41, 5.74) is 0. The first-order chi connectivity index (χ1) is 4.41. The molecule has 0 saturated heterocycles. The summed E-state index contributed by atoms with van der Waals surface area (Å²) in [4.78, 5) is 0. The molecule has 51 valence electrons. The average molecular weight is 127 g/mol. The maximum absolute atomic E-state index is 11.4. The Morgan fingerprint density at radius 3 is 2.56 bits per heavy atom. The van der Waals surface area contributed by atoms with Crippen molar-refractivity contribution in [2.75, 3.05) is 6.67 Å². The molecule has 0 N–H and O–H groups in total. The van der Waals surface area contributed by atoms with Crippen molar-refractivity contribution in [2.45, 2.75) is 25.7 Å². The normalized spacial score (nSPS) is 8.22. The molecule has 0 aliphatic rings. The Labute approximate surface area is 56.5 Å². The van der Waals surface area contributed by atoms with Gasteiger partial charge in [-0.1, -0.05) is 0 Å². The van der Waals surface area contributed by atoms with Crippen LogP contribution in [-0.4, -0.2) is 6.67 Å². The number of unbranched alkanes of at least 4 members (excludes halogenated alkanes) is 2. The highest BCUT2D eigenvalue weighted by molar-refractivity contribution is 4.98. The number of halogens is 1. The predicted octanol–water partition coefficient (Wildman–Crippen LogP) is 2.35. The summed E-state index contributed by atoms with van der Waals surface area (Å²) in [6.07, 6.45) is 3.00. The topological polar surface area (TPSA) is 0 Å². The fraction of sp³-hybridized carbons (Fsp3) is 0.625. The zero-order valence-corrected chi connectivity index (χ0v) is 5.62. The molecular weight excluding hydrogens is 115 g/mol. The Kier molecular flexibility index (Phi) is 7.07. The van der Waals surface area contributed by atoms with E-state index in [9.17, 15) is 4.39 Å². The third-order valence-electron chi connectivity index (χ3n) is 0.935. The second kappa shape index (κ2) is 7.49. The fourth-order valence-electron chi connectivity index (χ4n) is 0.485. The number of alkyl halides is 1. The molecule has 0 heterocycles. The predicted molar refractivity (Wildman–Crippen MR) is 37.6 cm³/mol. The molecule has 1 heteroatoms. The summed E-state index contributed by atoms with van der Waals surface area (Å²) in [6, 6.07) is 0. The summed E-state index contributed by atoms with van der Waals surface area (Å²) >= 11 is 0. The van der Waals surface area contributed by atoms with Crippen LogP contribution < -0.4 is 0 Å². The highest BCUT2D eigenvalue weighted by Gasteiger charge is 1.81. The quantitative estimate of drug-likeness (QED) is 0.403. The van der Waals surface area contributed by atoms with Crippen LogP contribution in [0.25, 0.3) is 0 Å². The van der Waals surface area contributed by atoms with Crippen molar-refractivity contribution in [3.05, 3.63) is 6.92 Å². The van der Waals surface area contributed by atoms with Crippen molar-refractivity contribution in [3.8, 4) is 11.8 Å². The molecule has 1 radical (unpaired) electrons. The van der Waals surface area contributed by atoms with E-state index in [0.717, 1.165) is 12.8 Å². The monoisotopic (exact) mass is 127 g/mol. The van der Waals surface area contributed by atoms with Gasteiger partial charge in [0.25, 0.3) is 0 Å². The van der Waals surface area contributed by atoms with E-state index in [1.54, 1.807) is 0 Å². The van der Waals surface area contributed by atoms with Gasteiger partial charge < -0.3 is 0 Å². The van der Waals surface area contributed by atoms with Gasteiger partial charge in [-0.15, -0.1) is 11.8 Å². The smallest absolute Gasteiger partial charge is 0.0894 e. The average Bonchev–Trinajstić information content (AvgIpc) is 1.89. The van der Waals surface area contributed by atoms with Gasteiger partial charge in [0.1, 0.15) is 0 Å². The minimum absolute atomic E-state index is 0.216. The lowest BCUT2D eigenvalue weighted by Crippen LogP contribution is -1.74. The largest absolute Gasteiger partial charge is 0.251 e. The first-order valence-electron chi connectivity index (χ1n) is 3.22. The standard InChI is InChI=1S/C8H12F/c1-2-3-4-5-6-7-8-9/h1-2,5-8H2. The summed E-state index contributed by atoms with van der Waals surface area (Å²) in [5, 5.41) is 0. The molecule has 0 fully saturated rings. The van der Waals surface area contributed by atoms with Gasteiger partial charge in [-0.05, 0) is 19.8 Å². The molecular formula is C8H12F. The zero-order valence-electron chi connectivity index (χ0n) is 5.62. The van der Waals surface area contributed by atoms with Gasteiger partial charge in [0.05, 0.1) is 6.67 Å². The van der Waals surface area contributed by atoms with Crippen LogP contribution in [0.2, 0.25) is 0 Å². The third-order valence-corrected chi connectivity index (χ3v) is 0.935. The maximum atomic E-state index is 11.4. The molecule has 0 rings (SSSR count). The SMILES string of the molecule is [CH2]CC#CCCCCF. The van der Waals surface area contributed by atoms with Crippen molar-refractivity contribution in [2.24, 2.45) is 0 Å². The van der Waals surface area contributed by atoms with E-state index in [-0.39, 0.29) is 6.67 Å². The van der Waals surface area contributed by atoms with Gasteiger partial charge in [-0.3, -0.25) is 4.39 Å². The molecule has 0 aromatic carbocycles. The summed E-state index contributed by atoms with van der Waals surface area (Å²) in [7, 11) is 0. The minimum atomic E-state index is -0.216. The highest BCUT2D eigenvalue weighted by atomic mass is 19.1. The van der Waals surface area contributed by atoms with Crippen molar-refractivity contribution in [1.29, 1.82) is 0 Å². The van der Waals surface area contributed by atoms with Gasteiger partial charge in [0.15, 0.2) is 0 Å². The van der Waals surface area contributed by atoms with Crippen LogP contribution in [-0.2, 0) is 0 Å². The van der Waals surface area contributed by atoms with E-state index in [1.165, 1.54) is 0 Å². The van der Waals surface area contributed by atoms with Crippen LogP contribution in [0.4, 0.5) is 4.39 Å². The minimum Gasteiger partial charge on any atom is -0.251 e. The second-order valence-electron chi connectivity index (χ2n) is 1.75. The van der Waals surface area contributed by atoms with Crippen LogP contribution in [0.3, 0.4) is 0 Å². The molecule has 9 heavy (non-hydrogen) atoms. The fourth-order valence-corrected chi connectivity index (χ4v) is 0.485. The molecule has 0 aromatic rings. The van der Waals surface area contributed by atoms with Gasteiger partial charge >= 0.3 is 0 Å². The van der Waals surface area contributed by atoms with Crippen LogP contribution in [0, 0.1) is 18.8 Å². The summed E-state index contributed by atoms with van der Waals surface area (Å²) < 4.78 is 11.4. The zero-order chi connectivity index (χ0) is 6.95. The lowest BCUT2D eigenvalue weighted by Gasteiger charge is -1.85. The number of hydrogen-bond donors (Lipinski definition) is 0. The molecule has 0 bridgehead atoms. The number of rotatable bonds is 3. The Balaban J connectivity index is 2.90. The second-order valence-corrected chi connectivity index (χ2v) is 1.75. The number of hydrogen-bond acceptors (Lipinski definition) is 0. The van der Waals surface area contributed by atoms with Crippen molar-refractivity contribution >= 4 is 0 Å². The first-order valence-corrected chi connectivity index (χ1v) is 3.22. The maximum Gasteiger partial charge on any atom is 0.0894 e. The molecule has 0 nitrogen and oxygen atoms in total. The van der Waals surface area contributed by atoms with E-state index >= 15 is 0 Å². The Bertz CT molecular complexity index is 96.9. The lowest BCUT2D eigenvalue weighted by atomic mass is 10.2. The molecule has 0 aromatic heterocycles. The van der Waals surface area contributed by atoms with E-state index in [0.29, 0.717) is 12.8 Å². The summed E-state index contributed by atoms with van der Waals surface area (Å²) in [5.74, 6) is 5.71. The van der Waals surface area contributed by atoms with E-state index in [4.69, 9.17) is 0 Å². The van der Waals surface area contributed by atoms with Crippen LogP contribution in [0.15, 0.2) is 0 Å². The van der Waals surface area contributed by atoms with Crippen LogP contribution in [0.1, 0.15) is 25.7 Å². The van der Waals surface area contributed by atoms with Crippen LogP contribution >= 0.6 is 0 Å². The van der Waals surface area contributed by atoms with Crippen molar-refractivity contribution < 1.29 is 4.39 Å². The van der Waals surface area contributed by atoms with Crippen LogP contribution in [0.5, 0.6) is 0 Å². The molecule has 0 amide bonds. The Hall–Kier alpha value is -0.510. The first kappa shape index (κ1) is 8.49. The van der Waals surface area contributed by atoms with Gasteiger partial charge in [-0.2, -0.15) is 0 Å². The van der Waals surface area contributed by atoms with E-state index in [2.05, 4.69) is 18.8 Å². The van der Waals surface area contributed by atoms with Crippen molar-refractivity contribution in [3.63, 3.8) is 0 Å². The molecule has 0 spiro atoms. The molecule has 0 unspecified atom stereocenters. The van der Waals surface area contributed by atoms with E-state index < -0.39 is 0 Å². The van der Waals surface area contributed by atoms with Crippen molar-refractivity contribution in [1.82, 2.24) is 0 Å². The molecule has 0 saturated carbocycles. The molecule has 0 aliphatic heterocycles. The van der Waals surface area contributed by atoms with Gasteiger partial charge in [-0.25, -0.2) is 0 Å². The Morgan fingerprint density at radius 1 is 1.22 bits per heavy atom. The Morgan fingerprint density at radius 2 is 2.00 bits per heavy atom. The van der Waals surface area contributed by atoms with E-state index in [1.807, 2.05) is 0 Å². The third kappa shape index (κ3) is 7.49. The highest BCUT2D eigenvalue weighted by Crippen LogP contribution is 1.93. The lowest BCUT2D eigenvalue weighted by molar-refractivity contribution is 0.464. The summed E-state index contributed by atoms with van der Waals surface area (Å²) in [6.45, 7) is 3.34.